The lowest BCUT2D eigenvalue weighted by Gasteiger charge is -1.88. The first-order chi connectivity index (χ1) is 4.97. The van der Waals surface area contributed by atoms with E-state index in [0.29, 0.717) is 0 Å². The van der Waals surface area contributed by atoms with Gasteiger partial charge in [0.1, 0.15) is 0 Å². The van der Waals surface area contributed by atoms with Crippen molar-refractivity contribution in [3.05, 3.63) is 18.0 Å². The Morgan fingerprint density at radius 3 is 3.10 bits per heavy atom. The summed E-state index contributed by atoms with van der Waals surface area (Å²) in [6.45, 7) is 0.939. The number of hydrazone groups is 1. The number of hydrogen-bond acceptors (Lipinski definition) is 3. The Bertz CT molecular complexity index is 236. The summed E-state index contributed by atoms with van der Waals surface area (Å²) in [5.41, 5.74) is 4.99. The molecule has 4 heteroatoms. The van der Waals surface area contributed by atoms with Gasteiger partial charge in [0.15, 0.2) is 0 Å². The summed E-state index contributed by atoms with van der Waals surface area (Å²) >= 11 is 0. The summed E-state index contributed by atoms with van der Waals surface area (Å²) < 4.78 is 0. The molecule has 0 radical (unpaired) electrons. The third kappa shape index (κ3) is 0.775. The van der Waals surface area contributed by atoms with Crippen molar-refractivity contribution >= 4 is 5.71 Å². The van der Waals surface area contributed by atoms with Gasteiger partial charge < -0.3 is 5.43 Å². The van der Waals surface area contributed by atoms with E-state index in [0.717, 1.165) is 24.4 Å². The average molecular weight is 136 g/mol. The summed E-state index contributed by atoms with van der Waals surface area (Å²) in [6, 6.07) is 1.92. The highest BCUT2D eigenvalue weighted by molar-refractivity contribution is 5.99. The summed E-state index contributed by atoms with van der Waals surface area (Å²) in [6.07, 6.45) is 2.72. The van der Waals surface area contributed by atoms with Gasteiger partial charge in [0, 0.05) is 19.2 Å². The number of hydrogen-bond donors (Lipinski definition) is 2. The van der Waals surface area contributed by atoms with E-state index in [2.05, 4.69) is 20.7 Å². The van der Waals surface area contributed by atoms with Crippen LogP contribution in [0, 0.1) is 0 Å². The van der Waals surface area contributed by atoms with E-state index in [-0.39, 0.29) is 0 Å². The molecule has 4 nitrogen and oxygen atoms in total. The van der Waals surface area contributed by atoms with Crippen LogP contribution >= 0.6 is 0 Å². The zero-order valence-corrected chi connectivity index (χ0v) is 5.46. The van der Waals surface area contributed by atoms with Crippen molar-refractivity contribution < 1.29 is 0 Å². The second-order valence-corrected chi connectivity index (χ2v) is 2.19. The molecule has 1 aromatic rings. The maximum absolute atomic E-state index is 4.07. The average Bonchev–Trinajstić information content (AvgIpc) is 2.59. The largest absolute Gasteiger partial charge is 0.309 e. The van der Waals surface area contributed by atoms with E-state index in [4.69, 9.17) is 0 Å². The molecule has 2 N–H and O–H groups in total. The van der Waals surface area contributed by atoms with E-state index >= 15 is 0 Å². The molecule has 0 atom stereocenters. The third-order valence-corrected chi connectivity index (χ3v) is 1.50. The maximum Gasteiger partial charge on any atom is 0.0871 e. The van der Waals surface area contributed by atoms with Crippen LogP contribution in [-0.2, 0) is 0 Å². The van der Waals surface area contributed by atoms with Gasteiger partial charge in [-0.15, -0.1) is 0 Å². The van der Waals surface area contributed by atoms with Crippen LogP contribution in [0.3, 0.4) is 0 Å². The van der Waals surface area contributed by atoms with Crippen LogP contribution in [0.5, 0.6) is 0 Å². The summed E-state index contributed by atoms with van der Waals surface area (Å²) in [5, 5.41) is 10.8. The summed E-state index contributed by atoms with van der Waals surface area (Å²) in [7, 11) is 0. The van der Waals surface area contributed by atoms with E-state index in [1.165, 1.54) is 0 Å². The lowest BCUT2D eigenvalue weighted by Crippen LogP contribution is -1.98. The van der Waals surface area contributed by atoms with Gasteiger partial charge >= 0.3 is 0 Å². The molecule has 0 amide bonds. The molecule has 0 saturated carbocycles. The van der Waals surface area contributed by atoms with Gasteiger partial charge in [-0.25, -0.2) is 0 Å². The fourth-order valence-corrected chi connectivity index (χ4v) is 0.993. The molecule has 52 valence electrons. The Balaban J connectivity index is 2.28. The molecule has 0 bridgehead atoms. The summed E-state index contributed by atoms with van der Waals surface area (Å²) in [5.74, 6) is 0. The fourth-order valence-electron chi connectivity index (χ4n) is 0.993. The first-order valence-electron chi connectivity index (χ1n) is 3.26. The van der Waals surface area contributed by atoms with Gasteiger partial charge in [0.05, 0.1) is 11.4 Å². The van der Waals surface area contributed by atoms with Gasteiger partial charge in [-0.05, 0) is 6.07 Å². The number of rotatable bonds is 1. The molecular formula is C6H8N4. The highest BCUT2D eigenvalue weighted by atomic mass is 15.3. The van der Waals surface area contributed by atoms with Crippen molar-refractivity contribution in [2.75, 3.05) is 6.54 Å². The standard InChI is InChI=1S/C6H8N4/c1-3-7-9-5(1)6-2-4-8-10-6/h1,3,8H,2,4H2,(H,7,9). The van der Waals surface area contributed by atoms with Gasteiger partial charge in [0.2, 0.25) is 0 Å². The SMILES string of the molecule is c1cc(C2=NNCC2)[nH]n1. The highest BCUT2D eigenvalue weighted by Crippen LogP contribution is 2.02. The van der Waals surface area contributed by atoms with Gasteiger partial charge in [-0.2, -0.15) is 10.2 Å². The lowest BCUT2D eigenvalue weighted by atomic mass is 10.2. The molecule has 0 saturated heterocycles. The topological polar surface area (TPSA) is 53.1 Å². The van der Waals surface area contributed by atoms with Crippen LogP contribution in [0.4, 0.5) is 0 Å². The van der Waals surface area contributed by atoms with Gasteiger partial charge in [0.25, 0.3) is 0 Å². The van der Waals surface area contributed by atoms with Crippen LogP contribution < -0.4 is 5.43 Å². The minimum absolute atomic E-state index is 0.939. The molecule has 0 unspecified atom stereocenters. The van der Waals surface area contributed by atoms with Crippen LogP contribution in [0.25, 0.3) is 0 Å². The van der Waals surface area contributed by atoms with Crippen molar-refractivity contribution in [1.29, 1.82) is 0 Å². The molecule has 0 fully saturated rings. The first kappa shape index (κ1) is 5.46. The first-order valence-corrected chi connectivity index (χ1v) is 3.26. The third-order valence-electron chi connectivity index (χ3n) is 1.50. The molecule has 1 aliphatic rings. The Labute approximate surface area is 58.3 Å². The predicted molar refractivity (Wildman–Crippen MR) is 37.7 cm³/mol. The molecule has 2 rings (SSSR count). The molecule has 2 heterocycles. The lowest BCUT2D eigenvalue weighted by molar-refractivity contribution is 0.813. The number of H-pyrrole nitrogens is 1. The Morgan fingerprint density at radius 2 is 2.50 bits per heavy atom. The zero-order valence-electron chi connectivity index (χ0n) is 5.46. The molecule has 0 aromatic carbocycles. The van der Waals surface area contributed by atoms with Crippen molar-refractivity contribution in [3.8, 4) is 0 Å². The Morgan fingerprint density at radius 1 is 1.50 bits per heavy atom. The number of aromatic amines is 1. The maximum atomic E-state index is 4.07. The fraction of sp³-hybridized carbons (Fsp3) is 0.333. The van der Waals surface area contributed by atoms with Crippen molar-refractivity contribution in [1.82, 2.24) is 15.6 Å². The van der Waals surface area contributed by atoms with Crippen LogP contribution in [0.1, 0.15) is 12.1 Å². The minimum atomic E-state index is 0.939. The van der Waals surface area contributed by atoms with E-state index in [1.54, 1.807) is 6.20 Å². The number of nitrogens with one attached hydrogen (secondary N) is 2. The van der Waals surface area contributed by atoms with Crippen molar-refractivity contribution in [2.45, 2.75) is 6.42 Å². The molecule has 0 aliphatic carbocycles. The molecule has 10 heavy (non-hydrogen) atoms. The normalized spacial score (nSPS) is 16.6. The molecule has 1 aromatic heterocycles. The molecule has 0 spiro atoms. The summed E-state index contributed by atoms with van der Waals surface area (Å²) in [4.78, 5) is 0. The van der Waals surface area contributed by atoms with Crippen molar-refractivity contribution in [2.24, 2.45) is 5.10 Å². The second-order valence-electron chi connectivity index (χ2n) is 2.19. The van der Waals surface area contributed by atoms with Crippen molar-refractivity contribution in [3.63, 3.8) is 0 Å². The van der Waals surface area contributed by atoms with Gasteiger partial charge in [-0.3, -0.25) is 5.10 Å². The van der Waals surface area contributed by atoms with Gasteiger partial charge in [-0.1, -0.05) is 0 Å². The second kappa shape index (κ2) is 2.13. The van der Waals surface area contributed by atoms with E-state index in [9.17, 15) is 0 Å². The monoisotopic (exact) mass is 136 g/mol. The Hall–Kier alpha value is -1.32. The highest BCUT2D eigenvalue weighted by Gasteiger charge is 2.08. The quantitative estimate of drug-likeness (QED) is 0.575. The Kier molecular flexibility index (Phi) is 1.16. The zero-order chi connectivity index (χ0) is 6.81. The minimum Gasteiger partial charge on any atom is -0.309 e. The number of aromatic nitrogens is 2. The molecular weight excluding hydrogens is 128 g/mol. The smallest absolute Gasteiger partial charge is 0.0871 e. The van der Waals surface area contributed by atoms with E-state index < -0.39 is 0 Å². The van der Waals surface area contributed by atoms with Crippen LogP contribution in [0.15, 0.2) is 17.4 Å². The van der Waals surface area contributed by atoms with Crippen LogP contribution in [0.2, 0.25) is 0 Å². The van der Waals surface area contributed by atoms with Crippen LogP contribution in [-0.4, -0.2) is 22.5 Å². The predicted octanol–water partition coefficient (Wildman–Crippen LogP) is 0.107. The molecule has 1 aliphatic heterocycles. The van der Waals surface area contributed by atoms with E-state index in [1.807, 2.05) is 6.07 Å². The number of nitrogens with zero attached hydrogens (tertiary/aromatic N) is 2.